The van der Waals surface area contributed by atoms with E-state index in [2.05, 4.69) is 31.2 Å². The molecule has 0 aliphatic carbocycles. The topological polar surface area (TPSA) is 105 Å². The first-order valence-electron chi connectivity index (χ1n) is 9.15. The van der Waals surface area contributed by atoms with Crippen molar-refractivity contribution >= 4 is 17.8 Å². The number of guanidine groups is 1. The molecule has 1 aromatic carbocycles. The third kappa shape index (κ3) is 6.15. The number of aryl methyl sites for hydroxylation is 1. The van der Waals surface area contributed by atoms with Crippen LogP contribution in [0.25, 0.3) is 0 Å². The van der Waals surface area contributed by atoms with Crippen LogP contribution >= 0.6 is 0 Å². The van der Waals surface area contributed by atoms with Gasteiger partial charge in [-0.3, -0.25) is 9.59 Å². The Morgan fingerprint density at radius 3 is 2.46 bits per heavy atom. The van der Waals surface area contributed by atoms with Gasteiger partial charge in [-0.05, 0) is 36.8 Å². The number of rotatable bonds is 8. The molecule has 0 saturated heterocycles. The first kappa shape index (κ1) is 21.0. The highest BCUT2D eigenvalue weighted by atomic mass is 16.2. The van der Waals surface area contributed by atoms with Crippen molar-refractivity contribution < 1.29 is 9.59 Å². The van der Waals surface area contributed by atoms with Crippen molar-refractivity contribution in [2.45, 2.75) is 20.0 Å². The second kappa shape index (κ2) is 10.1. The third-order valence-corrected chi connectivity index (χ3v) is 4.20. The van der Waals surface area contributed by atoms with Gasteiger partial charge in [-0.2, -0.15) is 0 Å². The predicted octanol–water partition coefficient (Wildman–Crippen LogP) is 0.838. The molecule has 0 atom stereocenters. The van der Waals surface area contributed by atoms with Crippen molar-refractivity contribution in [2.24, 2.45) is 17.8 Å². The zero-order valence-corrected chi connectivity index (χ0v) is 16.6. The fourth-order valence-corrected chi connectivity index (χ4v) is 2.65. The normalized spacial score (nSPS) is 11.2. The molecule has 8 nitrogen and oxygen atoms in total. The molecule has 0 aliphatic heterocycles. The van der Waals surface area contributed by atoms with Gasteiger partial charge in [0.05, 0.1) is 19.6 Å². The smallest absolute Gasteiger partial charge is 0.251 e. The van der Waals surface area contributed by atoms with Crippen LogP contribution in [-0.4, -0.2) is 47.4 Å². The van der Waals surface area contributed by atoms with Crippen molar-refractivity contribution in [1.82, 2.24) is 20.1 Å². The number of aliphatic imine (C=N–C) groups is 1. The molecule has 1 aromatic heterocycles. The van der Waals surface area contributed by atoms with Crippen molar-refractivity contribution in [1.29, 1.82) is 0 Å². The van der Waals surface area contributed by atoms with Crippen molar-refractivity contribution in [2.75, 3.05) is 20.1 Å². The molecule has 0 spiro atoms. The minimum absolute atomic E-state index is 0.176. The molecule has 4 N–H and O–H groups in total. The molecule has 150 valence electrons. The number of nitrogens with one attached hydrogen (secondary N) is 2. The van der Waals surface area contributed by atoms with E-state index in [1.54, 1.807) is 12.1 Å². The quantitative estimate of drug-likeness (QED) is 0.463. The number of amides is 2. The monoisotopic (exact) mass is 384 g/mol. The Bertz CT molecular complexity index is 825. The summed E-state index contributed by atoms with van der Waals surface area (Å²) in [5, 5.41) is 5.77. The van der Waals surface area contributed by atoms with Crippen LogP contribution in [0.5, 0.6) is 0 Å². The van der Waals surface area contributed by atoms with E-state index in [1.165, 1.54) is 5.69 Å². The minimum atomic E-state index is -0.574. The SMILES string of the molecule is CCNC(=NCc1ccc(C(=O)NCC(N)=O)cc1)N(C)Cc1cccn1C. The summed E-state index contributed by atoms with van der Waals surface area (Å²) in [5.74, 6) is -0.0915. The second-order valence-corrected chi connectivity index (χ2v) is 6.48. The maximum Gasteiger partial charge on any atom is 0.251 e. The minimum Gasteiger partial charge on any atom is -0.368 e. The van der Waals surface area contributed by atoms with Gasteiger partial charge in [0.15, 0.2) is 5.96 Å². The van der Waals surface area contributed by atoms with E-state index >= 15 is 0 Å². The van der Waals surface area contributed by atoms with Gasteiger partial charge < -0.3 is 25.8 Å². The number of carbonyl (C=O) groups is 2. The summed E-state index contributed by atoms with van der Waals surface area (Å²) in [5.41, 5.74) is 7.68. The number of carbonyl (C=O) groups excluding carboxylic acids is 2. The van der Waals surface area contributed by atoms with Crippen molar-refractivity contribution in [3.63, 3.8) is 0 Å². The molecular weight excluding hydrogens is 356 g/mol. The molecule has 8 heteroatoms. The van der Waals surface area contributed by atoms with Gasteiger partial charge in [0.1, 0.15) is 0 Å². The van der Waals surface area contributed by atoms with Crippen LogP contribution in [-0.2, 0) is 24.9 Å². The number of hydrogen-bond acceptors (Lipinski definition) is 3. The van der Waals surface area contributed by atoms with Crippen LogP contribution in [0.1, 0.15) is 28.5 Å². The largest absolute Gasteiger partial charge is 0.368 e. The second-order valence-electron chi connectivity index (χ2n) is 6.48. The van der Waals surface area contributed by atoms with Crippen LogP contribution in [0, 0.1) is 0 Å². The van der Waals surface area contributed by atoms with Gasteiger partial charge in [-0.15, -0.1) is 0 Å². The molecule has 2 rings (SSSR count). The number of hydrogen-bond donors (Lipinski definition) is 3. The lowest BCUT2D eigenvalue weighted by Crippen LogP contribution is -2.38. The highest BCUT2D eigenvalue weighted by Gasteiger charge is 2.09. The number of nitrogens with two attached hydrogens (primary N) is 1. The number of primary amides is 1. The lowest BCUT2D eigenvalue weighted by molar-refractivity contribution is -0.117. The molecule has 2 amide bonds. The number of aromatic nitrogens is 1. The zero-order chi connectivity index (χ0) is 20.5. The Kier molecular flexibility index (Phi) is 7.62. The van der Waals surface area contributed by atoms with E-state index < -0.39 is 5.91 Å². The van der Waals surface area contributed by atoms with Crippen LogP contribution in [0.15, 0.2) is 47.6 Å². The Balaban J connectivity index is 2.00. The Morgan fingerprint density at radius 1 is 1.18 bits per heavy atom. The van der Waals surface area contributed by atoms with E-state index in [0.29, 0.717) is 12.1 Å². The Labute approximate surface area is 165 Å². The molecule has 1 heterocycles. The van der Waals surface area contributed by atoms with E-state index in [1.807, 2.05) is 45.4 Å². The van der Waals surface area contributed by atoms with E-state index in [4.69, 9.17) is 5.73 Å². The third-order valence-electron chi connectivity index (χ3n) is 4.20. The number of nitrogens with zero attached hydrogens (tertiary/aromatic N) is 3. The van der Waals surface area contributed by atoms with Crippen LogP contribution in [0.4, 0.5) is 0 Å². The molecular formula is C20H28N6O2. The van der Waals surface area contributed by atoms with E-state index in [-0.39, 0.29) is 12.5 Å². The van der Waals surface area contributed by atoms with Crippen molar-refractivity contribution in [3.8, 4) is 0 Å². The van der Waals surface area contributed by atoms with Crippen LogP contribution in [0.3, 0.4) is 0 Å². The molecule has 0 aliphatic rings. The lowest BCUT2D eigenvalue weighted by Gasteiger charge is -2.22. The summed E-state index contributed by atoms with van der Waals surface area (Å²) in [6, 6.07) is 11.2. The van der Waals surface area contributed by atoms with Crippen molar-refractivity contribution in [3.05, 3.63) is 59.4 Å². The summed E-state index contributed by atoms with van der Waals surface area (Å²) in [6.45, 7) is 3.86. The highest BCUT2D eigenvalue weighted by molar-refractivity contribution is 5.96. The fraction of sp³-hybridized carbons (Fsp3) is 0.350. The summed E-state index contributed by atoms with van der Waals surface area (Å²) >= 11 is 0. The molecule has 0 saturated carbocycles. The lowest BCUT2D eigenvalue weighted by atomic mass is 10.1. The van der Waals surface area contributed by atoms with E-state index in [9.17, 15) is 9.59 Å². The fourth-order valence-electron chi connectivity index (χ4n) is 2.65. The standard InChI is InChI=1S/C20H28N6O2/c1-4-22-20(26(3)14-17-6-5-11-25(17)2)24-12-15-7-9-16(10-8-15)19(28)23-13-18(21)27/h5-11H,4,12-14H2,1-3H3,(H2,21,27)(H,22,24)(H,23,28). The van der Waals surface area contributed by atoms with Gasteiger partial charge in [0.2, 0.25) is 5.91 Å². The maximum absolute atomic E-state index is 11.9. The summed E-state index contributed by atoms with van der Waals surface area (Å²) in [7, 11) is 4.02. The first-order valence-corrected chi connectivity index (χ1v) is 9.15. The van der Waals surface area contributed by atoms with E-state index in [0.717, 1.165) is 24.6 Å². The van der Waals surface area contributed by atoms with Crippen LogP contribution < -0.4 is 16.4 Å². The molecule has 2 aromatic rings. The Hall–Kier alpha value is -3.29. The molecule has 28 heavy (non-hydrogen) atoms. The average Bonchev–Trinajstić information content (AvgIpc) is 3.08. The molecule has 0 bridgehead atoms. The highest BCUT2D eigenvalue weighted by Crippen LogP contribution is 2.08. The Morgan fingerprint density at radius 2 is 1.89 bits per heavy atom. The summed E-state index contributed by atoms with van der Waals surface area (Å²) in [4.78, 5) is 29.4. The predicted molar refractivity (Wildman–Crippen MR) is 110 cm³/mol. The van der Waals surface area contributed by atoms with Gasteiger partial charge >= 0.3 is 0 Å². The summed E-state index contributed by atoms with van der Waals surface area (Å²) in [6.07, 6.45) is 2.02. The zero-order valence-electron chi connectivity index (χ0n) is 16.6. The molecule has 0 unspecified atom stereocenters. The molecule has 0 radical (unpaired) electrons. The summed E-state index contributed by atoms with van der Waals surface area (Å²) < 4.78 is 2.09. The van der Waals surface area contributed by atoms with Gasteiger partial charge in [0.25, 0.3) is 5.91 Å². The van der Waals surface area contributed by atoms with Gasteiger partial charge in [0, 0.05) is 38.1 Å². The first-order chi connectivity index (χ1) is 13.4. The number of benzene rings is 1. The maximum atomic E-state index is 11.9. The van der Waals surface area contributed by atoms with Crippen LogP contribution in [0.2, 0.25) is 0 Å². The average molecular weight is 384 g/mol. The molecule has 0 fully saturated rings. The van der Waals surface area contributed by atoms with Gasteiger partial charge in [-0.25, -0.2) is 4.99 Å². The van der Waals surface area contributed by atoms with Gasteiger partial charge in [-0.1, -0.05) is 12.1 Å².